The summed E-state index contributed by atoms with van der Waals surface area (Å²) in [5.74, 6) is 1.97. The minimum atomic E-state index is -0.874. The highest BCUT2D eigenvalue weighted by molar-refractivity contribution is 5.87. The number of nitrogens with zero attached hydrogens (tertiary/aromatic N) is 7. The zero-order valence-electron chi connectivity index (χ0n) is 30.5. The minimum absolute atomic E-state index is 0.0641. The molecule has 14 nitrogen and oxygen atoms in total. The lowest BCUT2D eigenvalue weighted by atomic mass is 10.1. The van der Waals surface area contributed by atoms with Crippen LogP contribution in [0.1, 0.15) is 66.6 Å². The van der Waals surface area contributed by atoms with E-state index in [1.807, 2.05) is 90.5 Å². The van der Waals surface area contributed by atoms with Gasteiger partial charge in [-0.25, -0.2) is 24.7 Å². The number of imidazole rings is 2. The maximum Gasteiger partial charge on any atom is 0.407 e. The molecule has 0 saturated carbocycles. The molecule has 0 spiro atoms. The molecule has 3 N–H and O–H groups in total. The van der Waals surface area contributed by atoms with Crippen LogP contribution in [0.15, 0.2) is 104 Å². The van der Waals surface area contributed by atoms with E-state index >= 15 is 0 Å². The van der Waals surface area contributed by atoms with Gasteiger partial charge in [0.05, 0.1) is 49.6 Å². The van der Waals surface area contributed by atoms with Crippen LogP contribution >= 0.6 is 0 Å². The molecule has 280 valence electrons. The monoisotopic (exact) mass is 738 g/mol. The van der Waals surface area contributed by atoms with Gasteiger partial charge in [-0.2, -0.15) is 5.06 Å². The summed E-state index contributed by atoms with van der Waals surface area (Å²) in [6, 6.07) is 20.1. The fraction of sp³-hybridized carbons (Fsp3) is 0.293. The van der Waals surface area contributed by atoms with Crippen LogP contribution in [0.25, 0.3) is 33.9 Å². The Kier molecular flexibility index (Phi) is 10.7. The molecule has 2 fully saturated rings. The first-order valence-corrected chi connectivity index (χ1v) is 18.6. The van der Waals surface area contributed by atoms with Crippen molar-refractivity contribution in [3.63, 3.8) is 0 Å². The lowest BCUT2D eigenvalue weighted by molar-refractivity contribution is -0.170. The van der Waals surface area contributed by atoms with Crippen molar-refractivity contribution in [3.8, 4) is 33.9 Å². The highest BCUT2D eigenvalue weighted by Crippen LogP contribution is 2.35. The van der Waals surface area contributed by atoms with Gasteiger partial charge in [0.2, 0.25) is 0 Å². The van der Waals surface area contributed by atoms with Gasteiger partial charge in [0.1, 0.15) is 17.7 Å². The molecule has 0 unspecified atom stereocenters. The van der Waals surface area contributed by atoms with Crippen LogP contribution in [-0.2, 0) is 20.8 Å². The number of pyridine rings is 1. The SMILES string of the molecule is COC(=O)N[C@@H](C(=O)N1CCC[C@H]1c1ncc(-c2ccc(-c3ncc(-c4cnc([C@@H]5CCCN5OCCc5cccnc5)[nH]4)cn3)cc2)[nH]1)c1ccccc1. The van der Waals surface area contributed by atoms with Crippen LogP contribution < -0.4 is 5.32 Å². The third kappa shape index (κ3) is 8.00. The van der Waals surface area contributed by atoms with Gasteiger partial charge in [0.15, 0.2) is 5.82 Å². The van der Waals surface area contributed by atoms with Crippen LogP contribution in [0, 0.1) is 0 Å². The van der Waals surface area contributed by atoms with Crippen molar-refractivity contribution in [1.29, 1.82) is 0 Å². The highest BCUT2D eigenvalue weighted by Gasteiger charge is 2.37. The second-order valence-corrected chi connectivity index (χ2v) is 13.6. The molecular weight excluding hydrogens is 697 g/mol. The molecule has 2 amide bonds. The van der Waals surface area contributed by atoms with E-state index in [0.29, 0.717) is 30.4 Å². The molecule has 2 saturated heterocycles. The molecular formula is C41H42N10O4. The van der Waals surface area contributed by atoms with E-state index < -0.39 is 12.1 Å². The lowest BCUT2D eigenvalue weighted by Gasteiger charge is -2.28. The van der Waals surface area contributed by atoms with Crippen molar-refractivity contribution in [2.24, 2.45) is 0 Å². The zero-order valence-corrected chi connectivity index (χ0v) is 30.5. The number of methoxy groups -OCH3 is 1. The van der Waals surface area contributed by atoms with E-state index in [0.717, 1.165) is 78.1 Å². The van der Waals surface area contributed by atoms with Gasteiger partial charge >= 0.3 is 6.09 Å². The number of aromatic amines is 2. The number of carbonyl (C=O) groups is 2. The summed E-state index contributed by atoms with van der Waals surface area (Å²) in [5, 5.41) is 4.74. The van der Waals surface area contributed by atoms with Gasteiger partial charge in [-0.1, -0.05) is 60.7 Å². The van der Waals surface area contributed by atoms with E-state index in [2.05, 4.69) is 41.3 Å². The summed E-state index contributed by atoms with van der Waals surface area (Å²) in [7, 11) is 1.28. The van der Waals surface area contributed by atoms with Gasteiger partial charge < -0.3 is 24.9 Å². The third-order valence-corrected chi connectivity index (χ3v) is 10.2. The number of hydrogen-bond donors (Lipinski definition) is 3. The summed E-state index contributed by atoms with van der Waals surface area (Å²) in [4.78, 5) is 63.8. The summed E-state index contributed by atoms with van der Waals surface area (Å²) >= 11 is 0. The molecule has 4 aromatic heterocycles. The molecule has 8 rings (SSSR count). The second kappa shape index (κ2) is 16.4. The predicted octanol–water partition coefficient (Wildman–Crippen LogP) is 6.39. The van der Waals surface area contributed by atoms with Crippen LogP contribution in [0.2, 0.25) is 0 Å². The van der Waals surface area contributed by atoms with Crippen molar-refractivity contribution < 1.29 is 19.2 Å². The molecule has 2 aliphatic heterocycles. The van der Waals surface area contributed by atoms with Crippen LogP contribution in [0.4, 0.5) is 4.79 Å². The molecule has 3 atom stereocenters. The maximum atomic E-state index is 13.9. The van der Waals surface area contributed by atoms with E-state index in [1.165, 1.54) is 7.11 Å². The normalized spacial score (nSPS) is 17.7. The summed E-state index contributed by atoms with van der Waals surface area (Å²) in [6.45, 7) is 2.01. The fourth-order valence-corrected chi connectivity index (χ4v) is 7.31. The van der Waals surface area contributed by atoms with E-state index in [-0.39, 0.29) is 18.0 Å². The maximum absolute atomic E-state index is 13.9. The molecule has 0 radical (unpaired) electrons. The van der Waals surface area contributed by atoms with Gasteiger partial charge in [-0.3, -0.25) is 14.6 Å². The fourth-order valence-electron chi connectivity index (χ4n) is 7.31. The first kappa shape index (κ1) is 35.8. The van der Waals surface area contributed by atoms with Crippen molar-refractivity contribution in [2.75, 3.05) is 26.8 Å². The average Bonchev–Trinajstić information content (AvgIpc) is 4.08. The number of hydrogen-bond acceptors (Lipinski definition) is 10. The lowest BCUT2D eigenvalue weighted by Crippen LogP contribution is -2.42. The van der Waals surface area contributed by atoms with Crippen molar-refractivity contribution in [1.82, 2.24) is 50.2 Å². The number of likely N-dealkylation sites (tertiary alicyclic amines) is 1. The van der Waals surface area contributed by atoms with Gasteiger partial charge in [-0.05, 0) is 54.9 Å². The van der Waals surface area contributed by atoms with Gasteiger partial charge in [0, 0.05) is 49.0 Å². The number of carbonyl (C=O) groups excluding carboxylic acids is 2. The third-order valence-electron chi connectivity index (χ3n) is 10.2. The first-order valence-electron chi connectivity index (χ1n) is 18.6. The van der Waals surface area contributed by atoms with Crippen LogP contribution in [0.3, 0.4) is 0 Å². The summed E-state index contributed by atoms with van der Waals surface area (Å²) < 4.78 is 4.82. The zero-order chi connectivity index (χ0) is 37.6. The number of H-pyrrole nitrogens is 2. The Morgan fingerprint density at radius 2 is 1.47 bits per heavy atom. The quantitative estimate of drug-likeness (QED) is 0.128. The van der Waals surface area contributed by atoms with Crippen LogP contribution in [0.5, 0.6) is 0 Å². The number of alkyl carbamates (subject to hydrolysis) is 1. The van der Waals surface area contributed by atoms with Crippen molar-refractivity contribution >= 4 is 12.0 Å². The number of benzene rings is 2. The molecule has 6 heterocycles. The molecule has 55 heavy (non-hydrogen) atoms. The average molecular weight is 739 g/mol. The minimum Gasteiger partial charge on any atom is -0.453 e. The number of rotatable bonds is 12. The van der Waals surface area contributed by atoms with E-state index in [4.69, 9.17) is 14.6 Å². The molecule has 2 aliphatic rings. The Balaban J connectivity index is 0.901. The predicted molar refractivity (Wildman–Crippen MR) is 204 cm³/mol. The Morgan fingerprint density at radius 1 is 0.782 bits per heavy atom. The summed E-state index contributed by atoms with van der Waals surface area (Å²) in [5.41, 5.74) is 6.19. The standard InChI is InChI=1S/C41H42N10O4/c1-54-41(53)49-36(29-9-3-2-4-10-29)40(52)50-19-6-11-34(50)38-45-25-32(47-38)28-13-15-30(16-14-28)37-43-23-31(24-44-37)33-26-46-39(48-33)35-12-7-20-51(35)55-21-17-27-8-5-18-42-22-27/h2-5,8-10,13-16,18,22-26,34-36H,6-7,11-12,17,19-21H2,1H3,(H,45,47)(H,46,48)(H,49,53)/t34-,35-,36+/m0/s1. The Labute approximate surface area is 318 Å². The van der Waals surface area contributed by atoms with Crippen LogP contribution in [-0.4, -0.2) is 83.7 Å². The topological polar surface area (TPSA) is 167 Å². The Bertz CT molecular complexity index is 2190. The number of amides is 2. The number of nitrogens with one attached hydrogen (secondary N) is 3. The molecule has 6 aromatic rings. The number of hydroxylamine groups is 2. The van der Waals surface area contributed by atoms with Gasteiger partial charge in [0.25, 0.3) is 5.91 Å². The van der Waals surface area contributed by atoms with E-state index in [9.17, 15) is 9.59 Å². The first-order chi connectivity index (χ1) is 27.0. The smallest absolute Gasteiger partial charge is 0.407 e. The molecule has 0 aliphatic carbocycles. The molecule has 2 aromatic carbocycles. The number of ether oxygens (including phenoxy) is 1. The Morgan fingerprint density at radius 3 is 2.20 bits per heavy atom. The van der Waals surface area contributed by atoms with E-state index in [1.54, 1.807) is 17.3 Å². The van der Waals surface area contributed by atoms with Crippen molar-refractivity contribution in [3.05, 3.63) is 127 Å². The Hall–Kier alpha value is -6.25. The molecule has 0 bridgehead atoms. The number of aromatic nitrogens is 7. The summed E-state index contributed by atoms with van der Waals surface area (Å²) in [6.07, 6.45) is 14.6. The second-order valence-electron chi connectivity index (χ2n) is 13.6. The van der Waals surface area contributed by atoms with Gasteiger partial charge in [-0.15, -0.1) is 0 Å². The molecule has 14 heteroatoms. The largest absolute Gasteiger partial charge is 0.453 e. The van der Waals surface area contributed by atoms with Crippen molar-refractivity contribution in [2.45, 2.75) is 50.2 Å². The highest BCUT2D eigenvalue weighted by atomic mass is 16.7.